The topological polar surface area (TPSA) is 35.2 Å². The van der Waals surface area contributed by atoms with E-state index in [2.05, 4.69) is 0 Å². The van der Waals surface area contributed by atoms with E-state index in [1.165, 1.54) is 44.9 Å². The Labute approximate surface area is 87.2 Å². The molecule has 0 bridgehead atoms. The first-order valence-corrected chi connectivity index (χ1v) is 6.23. The van der Waals surface area contributed by atoms with Crippen molar-refractivity contribution in [1.29, 1.82) is 0 Å². The van der Waals surface area contributed by atoms with E-state index in [9.17, 15) is 0 Å². The van der Waals surface area contributed by atoms with Crippen molar-refractivity contribution in [3.8, 4) is 0 Å². The minimum atomic E-state index is 0.403. The Kier molecular flexibility index (Phi) is 3.82. The highest BCUT2D eigenvalue weighted by Gasteiger charge is 2.25. The smallest absolute Gasteiger partial charge is 0.0590 e. The molecule has 0 radical (unpaired) electrons. The van der Waals surface area contributed by atoms with Crippen molar-refractivity contribution in [3.63, 3.8) is 0 Å². The summed E-state index contributed by atoms with van der Waals surface area (Å²) in [6, 6.07) is 0.403. The number of hydrogen-bond donors (Lipinski definition) is 1. The van der Waals surface area contributed by atoms with Gasteiger partial charge in [-0.1, -0.05) is 12.8 Å². The third-order valence-corrected chi connectivity index (χ3v) is 3.81. The van der Waals surface area contributed by atoms with Gasteiger partial charge in [-0.2, -0.15) is 0 Å². The fourth-order valence-electron chi connectivity index (χ4n) is 2.87. The maximum absolute atomic E-state index is 6.23. The number of hydrogen-bond acceptors (Lipinski definition) is 2. The second-order valence-electron chi connectivity index (χ2n) is 4.93. The van der Waals surface area contributed by atoms with Gasteiger partial charge in [0.1, 0.15) is 0 Å². The van der Waals surface area contributed by atoms with Crippen molar-refractivity contribution in [1.82, 2.24) is 0 Å². The van der Waals surface area contributed by atoms with Crippen LogP contribution in [0.5, 0.6) is 0 Å². The molecule has 2 unspecified atom stereocenters. The van der Waals surface area contributed by atoms with Crippen LogP contribution in [0.3, 0.4) is 0 Å². The lowest BCUT2D eigenvalue weighted by Gasteiger charge is -2.27. The van der Waals surface area contributed by atoms with Crippen LogP contribution in [0.2, 0.25) is 0 Å². The molecule has 2 N–H and O–H groups in total. The predicted molar refractivity (Wildman–Crippen MR) is 58.1 cm³/mol. The largest absolute Gasteiger partial charge is 0.378 e. The van der Waals surface area contributed by atoms with Crippen LogP contribution < -0.4 is 5.73 Å². The minimum absolute atomic E-state index is 0.403. The first-order chi connectivity index (χ1) is 6.86. The molecule has 1 saturated carbocycles. The van der Waals surface area contributed by atoms with Gasteiger partial charge in [0.2, 0.25) is 0 Å². The van der Waals surface area contributed by atoms with Gasteiger partial charge in [0.15, 0.2) is 0 Å². The Hall–Kier alpha value is -0.0800. The van der Waals surface area contributed by atoms with Crippen LogP contribution >= 0.6 is 0 Å². The summed E-state index contributed by atoms with van der Waals surface area (Å²) >= 11 is 0. The highest BCUT2D eigenvalue weighted by Crippen LogP contribution is 2.29. The summed E-state index contributed by atoms with van der Waals surface area (Å²) < 4.78 is 5.73. The van der Waals surface area contributed by atoms with Crippen LogP contribution in [0.4, 0.5) is 0 Å². The number of rotatable bonds is 3. The Morgan fingerprint density at radius 1 is 1.07 bits per heavy atom. The first kappa shape index (κ1) is 10.4. The molecular formula is C12H23NO. The average molecular weight is 197 g/mol. The lowest BCUT2D eigenvalue weighted by Crippen LogP contribution is -2.34. The van der Waals surface area contributed by atoms with Gasteiger partial charge in [-0.25, -0.2) is 0 Å². The molecule has 2 rings (SSSR count). The summed E-state index contributed by atoms with van der Waals surface area (Å²) in [5.74, 6) is 0.792. The summed E-state index contributed by atoms with van der Waals surface area (Å²) in [5.41, 5.74) is 6.23. The van der Waals surface area contributed by atoms with Crippen molar-refractivity contribution >= 4 is 0 Å². The van der Waals surface area contributed by atoms with Crippen molar-refractivity contribution in [2.24, 2.45) is 11.7 Å². The van der Waals surface area contributed by atoms with Crippen LogP contribution in [0.1, 0.15) is 51.4 Å². The van der Waals surface area contributed by atoms with Crippen LogP contribution in [0.25, 0.3) is 0 Å². The molecule has 0 amide bonds. The van der Waals surface area contributed by atoms with E-state index in [0.29, 0.717) is 12.1 Å². The Bertz CT molecular complexity index is 160. The molecule has 0 aromatic heterocycles. The Morgan fingerprint density at radius 2 is 1.79 bits per heavy atom. The molecule has 1 aliphatic heterocycles. The summed E-state index contributed by atoms with van der Waals surface area (Å²) in [5, 5.41) is 0. The van der Waals surface area contributed by atoms with Crippen molar-refractivity contribution < 1.29 is 4.74 Å². The molecule has 1 saturated heterocycles. The summed E-state index contributed by atoms with van der Waals surface area (Å²) in [6.45, 7) is 0.960. The van der Waals surface area contributed by atoms with E-state index >= 15 is 0 Å². The third-order valence-electron chi connectivity index (χ3n) is 3.81. The van der Waals surface area contributed by atoms with Crippen LogP contribution in [-0.2, 0) is 4.74 Å². The van der Waals surface area contributed by atoms with Crippen molar-refractivity contribution in [2.45, 2.75) is 63.5 Å². The zero-order valence-corrected chi connectivity index (χ0v) is 9.08. The Morgan fingerprint density at radius 3 is 2.43 bits per heavy atom. The first-order valence-electron chi connectivity index (χ1n) is 6.23. The second-order valence-corrected chi connectivity index (χ2v) is 4.93. The van der Waals surface area contributed by atoms with Gasteiger partial charge < -0.3 is 10.5 Å². The predicted octanol–water partition coefficient (Wildman–Crippen LogP) is 2.46. The fourth-order valence-corrected chi connectivity index (χ4v) is 2.87. The van der Waals surface area contributed by atoms with Gasteiger partial charge in [0.05, 0.1) is 6.10 Å². The summed E-state index contributed by atoms with van der Waals surface area (Å²) in [7, 11) is 0. The standard InChI is InChI=1S/C12H23NO/c13-12(10-5-1-2-6-10)9-11-7-3-4-8-14-11/h10-12H,1-9,13H2. The molecule has 0 spiro atoms. The second kappa shape index (κ2) is 5.13. The van der Waals surface area contributed by atoms with Crippen LogP contribution in [0, 0.1) is 5.92 Å². The number of nitrogens with two attached hydrogens (primary N) is 1. The molecular weight excluding hydrogens is 174 g/mol. The van der Waals surface area contributed by atoms with E-state index < -0.39 is 0 Å². The van der Waals surface area contributed by atoms with Crippen LogP contribution in [0.15, 0.2) is 0 Å². The Balaban J connectivity index is 1.72. The zero-order valence-electron chi connectivity index (χ0n) is 9.08. The lowest BCUT2D eigenvalue weighted by molar-refractivity contribution is 0.00420. The van der Waals surface area contributed by atoms with E-state index in [1.54, 1.807) is 0 Å². The quantitative estimate of drug-likeness (QED) is 0.754. The average Bonchev–Trinajstić information content (AvgIpc) is 2.72. The summed E-state index contributed by atoms with van der Waals surface area (Å²) in [6.07, 6.45) is 10.9. The molecule has 2 heteroatoms. The molecule has 14 heavy (non-hydrogen) atoms. The van der Waals surface area contributed by atoms with Gasteiger partial charge in [0, 0.05) is 12.6 Å². The highest BCUT2D eigenvalue weighted by atomic mass is 16.5. The normalized spacial score (nSPS) is 31.9. The fraction of sp³-hybridized carbons (Fsp3) is 1.00. The van der Waals surface area contributed by atoms with Crippen molar-refractivity contribution in [2.75, 3.05) is 6.61 Å². The maximum Gasteiger partial charge on any atom is 0.0590 e. The molecule has 2 aliphatic rings. The molecule has 82 valence electrons. The van der Waals surface area contributed by atoms with E-state index in [4.69, 9.17) is 10.5 Å². The van der Waals surface area contributed by atoms with E-state index in [-0.39, 0.29) is 0 Å². The molecule has 2 fully saturated rings. The summed E-state index contributed by atoms with van der Waals surface area (Å²) in [4.78, 5) is 0. The molecule has 1 aliphatic carbocycles. The van der Waals surface area contributed by atoms with Gasteiger partial charge >= 0.3 is 0 Å². The third kappa shape index (κ3) is 2.71. The van der Waals surface area contributed by atoms with Gasteiger partial charge in [-0.3, -0.25) is 0 Å². The molecule has 1 heterocycles. The van der Waals surface area contributed by atoms with Gasteiger partial charge in [-0.15, -0.1) is 0 Å². The van der Waals surface area contributed by atoms with E-state index in [1.807, 2.05) is 0 Å². The minimum Gasteiger partial charge on any atom is -0.378 e. The molecule has 2 atom stereocenters. The number of ether oxygens (including phenoxy) is 1. The van der Waals surface area contributed by atoms with Gasteiger partial charge in [-0.05, 0) is 44.4 Å². The van der Waals surface area contributed by atoms with Crippen LogP contribution in [-0.4, -0.2) is 18.8 Å². The SMILES string of the molecule is NC(CC1CCCCO1)C1CCCC1. The monoisotopic (exact) mass is 197 g/mol. The van der Waals surface area contributed by atoms with Crippen molar-refractivity contribution in [3.05, 3.63) is 0 Å². The molecule has 2 nitrogen and oxygen atoms in total. The van der Waals surface area contributed by atoms with Gasteiger partial charge in [0.25, 0.3) is 0 Å². The maximum atomic E-state index is 6.23. The lowest BCUT2D eigenvalue weighted by atomic mass is 9.92. The van der Waals surface area contributed by atoms with E-state index in [0.717, 1.165) is 18.9 Å². The highest BCUT2D eigenvalue weighted by molar-refractivity contribution is 4.81. The molecule has 0 aromatic carbocycles. The molecule has 0 aromatic rings. The zero-order chi connectivity index (χ0) is 9.80.